The van der Waals surface area contributed by atoms with Crippen molar-refractivity contribution < 1.29 is 9.47 Å². The average Bonchev–Trinajstić information content (AvgIpc) is 2.53. The summed E-state index contributed by atoms with van der Waals surface area (Å²) in [5.74, 6) is 1.78. The Bertz CT molecular complexity index is 637. The Balaban J connectivity index is 1.76. The van der Waals surface area contributed by atoms with Gasteiger partial charge in [-0.25, -0.2) is 0 Å². The van der Waals surface area contributed by atoms with E-state index in [0.717, 1.165) is 48.0 Å². The maximum atomic E-state index is 6.29. The van der Waals surface area contributed by atoms with Crippen molar-refractivity contribution in [2.75, 3.05) is 6.61 Å². The van der Waals surface area contributed by atoms with Crippen LogP contribution >= 0.6 is 11.6 Å². The van der Waals surface area contributed by atoms with Crippen molar-refractivity contribution in [3.63, 3.8) is 0 Å². The highest BCUT2D eigenvalue weighted by molar-refractivity contribution is 6.31. The Morgan fingerprint density at radius 3 is 3.00 bits per heavy atom. The highest BCUT2D eigenvalue weighted by Crippen LogP contribution is 2.30. The highest BCUT2D eigenvalue weighted by atomic mass is 35.5. The number of benzene rings is 2. The summed E-state index contributed by atoms with van der Waals surface area (Å²) in [6.07, 6.45) is 3.12. The predicted octanol–water partition coefficient (Wildman–Crippen LogP) is 4.81. The van der Waals surface area contributed by atoms with E-state index in [4.69, 9.17) is 21.1 Å². The number of hydrogen-bond acceptors (Lipinski definition) is 2. The van der Waals surface area contributed by atoms with Gasteiger partial charge in [-0.2, -0.15) is 0 Å². The van der Waals surface area contributed by atoms with E-state index in [1.165, 1.54) is 11.1 Å². The molecular weight excluding hydrogens is 284 g/mol. The molecule has 2 aromatic carbocycles. The largest absolute Gasteiger partial charge is 0.493 e. The first kappa shape index (κ1) is 14.3. The van der Waals surface area contributed by atoms with Gasteiger partial charge < -0.3 is 9.47 Å². The molecule has 3 rings (SSSR count). The van der Waals surface area contributed by atoms with Crippen LogP contribution in [0.5, 0.6) is 11.5 Å². The second kappa shape index (κ2) is 6.40. The van der Waals surface area contributed by atoms with Crippen LogP contribution < -0.4 is 9.47 Å². The summed E-state index contributed by atoms with van der Waals surface area (Å²) in [7, 11) is 0. The Morgan fingerprint density at radius 1 is 1.24 bits per heavy atom. The minimum absolute atomic E-state index is 0.488. The lowest BCUT2D eigenvalue weighted by Crippen LogP contribution is -2.08. The van der Waals surface area contributed by atoms with E-state index >= 15 is 0 Å². The lowest BCUT2D eigenvalue weighted by molar-refractivity contribution is 0.278. The molecule has 21 heavy (non-hydrogen) atoms. The summed E-state index contributed by atoms with van der Waals surface area (Å²) in [6, 6.07) is 12.1. The van der Waals surface area contributed by atoms with Crippen molar-refractivity contribution in [3.8, 4) is 11.5 Å². The van der Waals surface area contributed by atoms with Crippen LogP contribution in [0.4, 0.5) is 0 Å². The summed E-state index contributed by atoms with van der Waals surface area (Å²) in [4.78, 5) is 0. The van der Waals surface area contributed by atoms with E-state index in [-0.39, 0.29) is 0 Å². The maximum absolute atomic E-state index is 6.29. The van der Waals surface area contributed by atoms with Crippen molar-refractivity contribution in [3.05, 3.63) is 58.1 Å². The van der Waals surface area contributed by atoms with Gasteiger partial charge in [0.05, 0.1) is 6.61 Å². The molecule has 0 amide bonds. The third kappa shape index (κ3) is 3.16. The van der Waals surface area contributed by atoms with Crippen LogP contribution in [0.25, 0.3) is 0 Å². The van der Waals surface area contributed by atoms with Crippen LogP contribution in [-0.2, 0) is 19.4 Å². The molecule has 0 spiro atoms. The third-order valence-electron chi connectivity index (χ3n) is 3.87. The molecule has 1 aliphatic rings. The summed E-state index contributed by atoms with van der Waals surface area (Å²) < 4.78 is 11.6. The van der Waals surface area contributed by atoms with Gasteiger partial charge in [0.2, 0.25) is 0 Å². The second-order valence-electron chi connectivity index (χ2n) is 5.24. The number of aryl methyl sites for hydroxylation is 2. The molecule has 0 fully saturated rings. The molecule has 2 nitrogen and oxygen atoms in total. The molecule has 1 heterocycles. The highest BCUT2D eigenvalue weighted by Gasteiger charge is 2.12. The minimum atomic E-state index is 0.488. The van der Waals surface area contributed by atoms with Crippen LogP contribution in [-0.4, -0.2) is 6.61 Å². The standard InChI is InChI=1S/C18H19ClO2/c1-2-13-5-3-7-17(19)16(13)12-21-15-9-8-14-6-4-10-20-18(14)11-15/h3,5,7-9,11H,2,4,6,10,12H2,1H3. The lowest BCUT2D eigenvalue weighted by atomic mass is 10.1. The van der Waals surface area contributed by atoms with Crippen molar-refractivity contribution in [1.82, 2.24) is 0 Å². The quantitative estimate of drug-likeness (QED) is 0.807. The maximum Gasteiger partial charge on any atom is 0.126 e. The fourth-order valence-electron chi connectivity index (χ4n) is 2.66. The first-order valence-corrected chi connectivity index (χ1v) is 7.80. The lowest BCUT2D eigenvalue weighted by Gasteiger charge is -2.18. The fourth-order valence-corrected chi connectivity index (χ4v) is 2.91. The first-order chi connectivity index (χ1) is 10.3. The smallest absolute Gasteiger partial charge is 0.126 e. The van der Waals surface area contributed by atoms with Gasteiger partial charge in [0.1, 0.15) is 18.1 Å². The molecule has 0 atom stereocenters. The molecule has 0 N–H and O–H groups in total. The van der Waals surface area contributed by atoms with Crippen molar-refractivity contribution in [1.29, 1.82) is 0 Å². The van der Waals surface area contributed by atoms with E-state index in [1.54, 1.807) is 0 Å². The molecule has 110 valence electrons. The number of fused-ring (bicyclic) bond motifs is 1. The zero-order valence-electron chi connectivity index (χ0n) is 12.2. The zero-order valence-corrected chi connectivity index (χ0v) is 13.0. The Kier molecular flexibility index (Phi) is 4.35. The molecular formula is C18H19ClO2. The second-order valence-corrected chi connectivity index (χ2v) is 5.65. The molecule has 2 aromatic rings. The van der Waals surface area contributed by atoms with Gasteiger partial charge in [-0.1, -0.05) is 36.7 Å². The average molecular weight is 303 g/mol. The number of hydrogen-bond donors (Lipinski definition) is 0. The molecule has 0 aromatic heterocycles. The van der Waals surface area contributed by atoms with Crippen molar-refractivity contribution in [2.45, 2.75) is 32.8 Å². The number of halogens is 1. The van der Waals surface area contributed by atoms with Crippen LogP contribution in [0.2, 0.25) is 5.02 Å². The molecule has 0 aliphatic carbocycles. The van der Waals surface area contributed by atoms with Crippen LogP contribution in [0.1, 0.15) is 30.0 Å². The zero-order chi connectivity index (χ0) is 14.7. The Morgan fingerprint density at radius 2 is 2.14 bits per heavy atom. The third-order valence-corrected chi connectivity index (χ3v) is 4.22. The van der Waals surface area contributed by atoms with E-state index < -0.39 is 0 Å². The summed E-state index contributed by atoms with van der Waals surface area (Å²) in [5.41, 5.74) is 3.57. The minimum Gasteiger partial charge on any atom is -0.493 e. The Labute approximate surface area is 130 Å². The summed E-state index contributed by atoms with van der Waals surface area (Å²) in [6.45, 7) is 3.41. The predicted molar refractivity (Wildman–Crippen MR) is 85.4 cm³/mol. The summed E-state index contributed by atoms with van der Waals surface area (Å²) >= 11 is 6.29. The molecule has 0 unspecified atom stereocenters. The van der Waals surface area contributed by atoms with Gasteiger partial charge in [-0.05, 0) is 42.5 Å². The van der Waals surface area contributed by atoms with Crippen LogP contribution in [0.3, 0.4) is 0 Å². The fraction of sp³-hybridized carbons (Fsp3) is 0.333. The van der Waals surface area contributed by atoms with Gasteiger partial charge in [-0.3, -0.25) is 0 Å². The van der Waals surface area contributed by atoms with E-state index in [1.807, 2.05) is 24.3 Å². The number of rotatable bonds is 4. The molecule has 0 saturated carbocycles. The van der Waals surface area contributed by atoms with Crippen LogP contribution in [0, 0.1) is 0 Å². The van der Waals surface area contributed by atoms with Crippen LogP contribution in [0.15, 0.2) is 36.4 Å². The number of ether oxygens (including phenoxy) is 2. The normalized spacial score (nSPS) is 13.4. The molecule has 0 saturated heterocycles. The Hall–Kier alpha value is -1.67. The monoisotopic (exact) mass is 302 g/mol. The molecule has 1 aliphatic heterocycles. The summed E-state index contributed by atoms with van der Waals surface area (Å²) in [5, 5.41) is 0.767. The SMILES string of the molecule is CCc1cccc(Cl)c1COc1ccc2c(c1)OCCC2. The van der Waals surface area contributed by atoms with Gasteiger partial charge >= 0.3 is 0 Å². The van der Waals surface area contributed by atoms with E-state index in [0.29, 0.717) is 6.61 Å². The van der Waals surface area contributed by atoms with E-state index in [2.05, 4.69) is 19.1 Å². The first-order valence-electron chi connectivity index (χ1n) is 7.42. The van der Waals surface area contributed by atoms with Gasteiger partial charge in [0.25, 0.3) is 0 Å². The molecule has 0 radical (unpaired) electrons. The molecule has 3 heteroatoms. The van der Waals surface area contributed by atoms with Gasteiger partial charge in [0.15, 0.2) is 0 Å². The van der Waals surface area contributed by atoms with Crippen molar-refractivity contribution >= 4 is 11.6 Å². The molecule has 0 bridgehead atoms. The van der Waals surface area contributed by atoms with E-state index in [9.17, 15) is 0 Å². The van der Waals surface area contributed by atoms with Gasteiger partial charge in [0, 0.05) is 16.7 Å². The van der Waals surface area contributed by atoms with Crippen molar-refractivity contribution in [2.24, 2.45) is 0 Å². The topological polar surface area (TPSA) is 18.5 Å². The van der Waals surface area contributed by atoms with Gasteiger partial charge in [-0.15, -0.1) is 0 Å².